The molecule has 19 heavy (non-hydrogen) atoms. The van der Waals surface area contributed by atoms with Gasteiger partial charge in [-0.15, -0.1) is 0 Å². The highest BCUT2D eigenvalue weighted by Crippen LogP contribution is 2.07. The molecular formula is C13H17N3O3. The first-order valence-corrected chi connectivity index (χ1v) is 5.96. The molecule has 1 rings (SSSR count). The van der Waals surface area contributed by atoms with Crippen LogP contribution in [-0.2, 0) is 9.53 Å². The van der Waals surface area contributed by atoms with Crippen LogP contribution in [0.2, 0.25) is 0 Å². The summed E-state index contributed by atoms with van der Waals surface area (Å²) in [5.74, 6) is -0.301. The van der Waals surface area contributed by atoms with E-state index in [1.807, 2.05) is 30.3 Å². The number of ether oxygens (including phenoxy) is 1. The lowest BCUT2D eigenvalue weighted by atomic mass is 10.1. The second-order valence-corrected chi connectivity index (χ2v) is 3.71. The molecule has 6 nitrogen and oxygen atoms in total. The van der Waals surface area contributed by atoms with Crippen LogP contribution in [0.1, 0.15) is 25.3 Å². The molecule has 0 unspecified atom stereocenters. The minimum Gasteiger partial charge on any atom is -0.466 e. The summed E-state index contributed by atoms with van der Waals surface area (Å²) in [5, 5.41) is 3.91. The Balaban J connectivity index is 2.73. The topological polar surface area (TPSA) is 93.8 Å². The Morgan fingerprint density at radius 3 is 2.53 bits per heavy atom. The molecule has 0 atom stereocenters. The number of primary amides is 1. The van der Waals surface area contributed by atoms with E-state index in [1.165, 1.54) is 0 Å². The van der Waals surface area contributed by atoms with Gasteiger partial charge in [-0.05, 0) is 12.5 Å². The molecule has 0 aliphatic carbocycles. The lowest BCUT2D eigenvalue weighted by Crippen LogP contribution is -2.26. The lowest BCUT2D eigenvalue weighted by molar-refractivity contribution is -0.142. The zero-order valence-electron chi connectivity index (χ0n) is 10.8. The second kappa shape index (κ2) is 7.86. The average Bonchev–Trinajstić information content (AvgIpc) is 2.40. The third-order valence-corrected chi connectivity index (χ3v) is 2.28. The first-order chi connectivity index (χ1) is 9.13. The van der Waals surface area contributed by atoms with Gasteiger partial charge in [0.25, 0.3) is 0 Å². The Kier molecular flexibility index (Phi) is 6.08. The van der Waals surface area contributed by atoms with E-state index in [0.717, 1.165) is 5.56 Å². The first kappa shape index (κ1) is 14.7. The van der Waals surface area contributed by atoms with Crippen molar-refractivity contribution in [1.29, 1.82) is 0 Å². The van der Waals surface area contributed by atoms with E-state index < -0.39 is 6.03 Å². The SMILES string of the molecule is CCOC(=O)CCC(=NNC(N)=O)c1ccccc1. The number of benzene rings is 1. The second-order valence-electron chi connectivity index (χ2n) is 3.71. The summed E-state index contributed by atoms with van der Waals surface area (Å²) in [7, 11) is 0. The number of hydrazone groups is 1. The first-order valence-electron chi connectivity index (χ1n) is 5.96. The molecule has 0 fully saturated rings. The zero-order valence-corrected chi connectivity index (χ0v) is 10.8. The number of nitrogens with two attached hydrogens (primary N) is 1. The van der Waals surface area contributed by atoms with Gasteiger partial charge in [-0.2, -0.15) is 5.10 Å². The molecular weight excluding hydrogens is 246 g/mol. The summed E-state index contributed by atoms with van der Waals surface area (Å²) in [6.45, 7) is 2.09. The van der Waals surface area contributed by atoms with Gasteiger partial charge in [0.1, 0.15) is 0 Å². The zero-order chi connectivity index (χ0) is 14.1. The fourth-order valence-corrected chi connectivity index (χ4v) is 1.47. The normalized spacial score (nSPS) is 10.9. The van der Waals surface area contributed by atoms with Gasteiger partial charge in [0, 0.05) is 6.42 Å². The van der Waals surface area contributed by atoms with Crippen molar-refractivity contribution in [2.45, 2.75) is 19.8 Å². The number of nitrogens with one attached hydrogen (secondary N) is 1. The van der Waals surface area contributed by atoms with Crippen molar-refractivity contribution in [1.82, 2.24) is 5.43 Å². The number of amides is 2. The van der Waals surface area contributed by atoms with Crippen LogP contribution in [0.25, 0.3) is 0 Å². The summed E-state index contributed by atoms with van der Waals surface area (Å²) in [5.41, 5.74) is 8.54. The van der Waals surface area contributed by atoms with Crippen LogP contribution in [0.5, 0.6) is 0 Å². The molecule has 1 aromatic carbocycles. The van der Waals surface area contributed by atoms with E-state index >= 15 is 0 Å². The molecule has 102 valence electrons. The quantitative estimate of drug-likeness (QED) is 0.461. The molecule has 2 amide bonds. The van der Waals surface area contributed by atoms with Crippen molar-refractivity contribution in [3.63, 3.8) is 0 Å². The van der Waals surface area contributed by atoms with Crippen molar-refractivity contribution < 1.29 is 14.3 Å². The van der Waals surface area contributed by atoms with Crippen molar-refractivity contribution in [3.8, 4) is 0 Å². The molecule has 0 saturated carbocycles. The molecule has 0 heterocycles. The summed E-state index contributed by atoms with van der Waals surface area (Å²) >= 11 is 0. The molecule has 0 aliphatic rings. The molecule has 0 bridgehead atoms. The average molecular weight is 263 g/mol. The fraction of sp³-hybridized carbons (Fsp3) is 0.308. The number of hydrogen-bond donors (Lipinski definition) is 2. The molecule has 0 aliphatic heterocycles. The Morgan fingerprint density at radius 2 is 1.95 bits per heavy atom. The number of rotatable bonds is 6. The summed E-state index contributed by atoms with van der Waals surface area (Å²) in [6, 6.07) is 8.50. The maximum atomic E-state index is 11.3. The van der Waals surface area contributed by atoms with E-state index in [0.29, 0.717) is 18.7 Å². The van der Waals surface area contributed by atoms with Gasteiger partial charge < -0.3 is 10.5 Å². The van der Waals surface area contributed by atoms with Gasteiger partial charge in [-0.25, -0.2) is 10.2 Å². The van der Waals surface area contributed by atoms with Gasteiger partial charge in [-0.1, -0.05) is 30.3 Å². The molecule has 0 aromatic heterocycles. The number of urea groups is 1. The fourth-order valence-electron chi connectivity index (χ4n) is 1.47. The minimum absolute atomic E-state index is 0.196. The van der Waals surface area contributed by atoms with Gasteiger partial charge >= 0.3 is 12.0 Å². The van der Waals surface area contributed by atoms with Crippen LogP contribution in [-0.4, -0.2) is 24.3 Å². The van der Waals surface area contributed by atoms with Crippen LogP contribution in [0, 0.1) is 0 Å². The molecule has 3 N–H and O–H groups in total. The highest BCUT2D eigenvalue weighted by Gasteiger charge is 2.08. The minimum atomic E-state index is -0.746. The predicted octanol–water partition coefficient (Wildman–Crippen LogP) is 1.40. The van der Waals surface area contributed by atoms with E-state index in [9.17, 15) is 9.59 Å². The van der Waals surface area contributed by atoms with Crippen molar-refractivity contribution in [2.75, 3.05) is 6.61 Å². The third-order valence-electron chi connectivity index (χ3n) is 2.28. The third kappa shape index (κ3) is 5.67. The summed E-state index contributed by atoms with van der Waals surface area (Å²) in [6.07, 6.45) is 0.561. The summed E-state index contributed by atoms with van der Waals surface area (Å²) in [4.78, 5) is 22.0. The van der Waals surface area contributed by atoms with Crippen molar-refractivity contribution >= 4 is 17.7 Å². The van der Waals surface area contributed by atoms with Gasteiger partial charge in [0.15, 0.2) is 0 Å². The summed E-state index contributed by atoms with van der Waals surface area (Å²) < 4.78 is 4.85. The number of hydrogen-bond acceptors (Lipinski definition) is 4. The van der Waals surface area contributed by atoms with Gasteiger partial charge in [0.2, 0.25) is 0 Å². The van der Waals surface area contributed by atoms with E-state index in [2.05, 4.69) is 10.5 Å². The Labute approximate surface area is 111 Å². The molecule has 0 radical (unpaired) electrons. The maximum absolute atomic E-state index is 11.3. The van der Waals surface area contributed by atoms with E-state index in [4.69, 9.17) is 10.5 Å². The molecule has 0 saturated heterocycles. The number of carbonyl (C=O) groups is 2. The smallest absolute Gasteiger partial charge is 0.332 e. The Bertz CT molecular complexity index is 457. The standard InChI is InChI=1S/C13H17N3O3/c1-2-19-12(17)9-8-11(15-16-13(14)18)10-6-4-3-5-7-10/h3-7H,2,8-9H2,1H3,(H3,14,16,18). The predicted molar refractivity (Wildman–Crippen MR) is 71.6 cm³/mol. The molecule has 6 heteroatoms. The highest BCUT2D eigenvalue weighted by molar-refractivity contribution is 6.02. The van der Waals surface area contributed by atoms with Crippen LogP contribution >= 0.6 is 0 Å². The van der Waals surface area contributed by atoms with Crippen LogP contribution in [0.15, 0.2) is 35.4 Å². The largest absolute Gasteiger partial charge is 0.466 e. The van der Waals surface area contributed by atoms with Crippen LogP contribution < -0.4 is 11.2 Å². The van der Waals surface area contributed by atoms with Crippen molar-refractivity contribution in [2.24, 2.45) is 10.8 Å². The van der Waals surface area contributed by atoms with Gasteiger partial charge in [0.05, 0.1) is 18.7 Å². The maximum Gasteiger partial charge on any atom is 0.332 e. The number of esters is 1. The Hall–Kier alpha value is -2.37. The lowest BCUT2D eigenvalue weighted by Gasteiger charge is -2.06. The van der Waals surface area contributed by atoms with Crippen LogP contribution in [0.3, 0.4) is 0 Å². The molecule has 0 spiro atoms. The Morgan fingerprint density at radius 1 is 1.26 bits per heavy atom. The van der Waals surface area contributed by atoms with Gasteiger partial charge in [-0.3, -0.25) is 4.79 Å². The van der Waals surface area contributed by atoms with E-state index in [-0.39, 0.29) is 12.4 Å². The van der Waals surface area contributed by atoms with Crippen molar-refractivity contribution in [3.05, 3.63) is 35.9 Å². The monoisotopic (exact) mass is 263 g/mol. The molecule has 1 aromatic rings. The van der Waals surface area contributed by atoms with Crippen LogP contribution in [0.4, 0.5) is 4.79 Å². The number of carbonyl (C=O) groups excluding carboxylic acids is 2. The number of nitrogens with zero attached hydrogens (tertiary/aromatic N) is 1. The highest BCUT2D eigenvalue weighted by atomic mass is 16.5. The van der Waals surface area contributed by atoms with E-state index in [1.54, 1.807) is 6.92 Å².